The standard InChI is InChI=1S/C14H10F2N2O3/c15-8-4-1-2-6-10(8)17-14(21)18-11-7-3-5-9(16)12(11)13(19)20/h1-7H,(H,19,20)(H2,17,18,21). The molecule has 0 unspecified atom stereocenters. The van der Waals surface area contributed by atoms with Crippen LogP contribution in [0.25, 0.3) is 0 Å². The molecule has 0 saturated heterocycles. The van der Waals surface area contributed by atoms with Crippen molar-refractivity contribution in [2.45, 2.75) is 0 Å². The molecule has 0 saturated carbocycles. The summed E-state index contributed by atoms with van der Waals surface area (Å²) in [6.07, 6.45) is 0. The molecule has 21 heavy (non-hydrogen) atoms. The third-order valence-electron chi connectivity index (χ3n) is 2.60. The lowest BCUT2D eigenvalue weighted by Crippen LogP contribution is -2.22. The number of hydrogen-bond donors (Lipinski definition) is 3. The van der Waals surface area contributed by atoms with Gasteiger partial charge in [-0.15, -0.1) is 0 Å². The number of benzene rings is 2. The molecule has 0 aromatic heterocycles. The summed E-state index contributed by atoms with van der Waals surface area (Å²) in [7, 11) is 0. The largest absolute Gasteiger partial charge is 0.478 e. The van der Waals surface area contributed by atoms with Crippen LogP contribution in [0.3, 0.4) is 0 Å². The molecule has 0 heterocycles. The lowest BCUT2D eigenvalue weighted by Gasteiger charge is -2.10. The maximum Gasteiger partial charge on any atom is 0.340 e. The van der Waals surface area contributed by atoms with Gasteiger partial charge in [0.15, 0.2) is 0 Å². The SMILES string of the molecule is O=C(Nc1ccccc1F)Nc1cccc(F)c1C(=O)O. The summed E-state index contributed by atoms with van der Waals surface area (Å²) >= 11 is 0. The second kappa shape index (κ2) is 6.00. The first-order valence-corrected chi connectivity index (χ1v) is 5.83. The van der Waals surface area contributed by atoms with Crippen molar-refractivity contribution < 1.29 is 23.5 Å². The van der Waals surface area contributed by atoms with E-state index in [9.17, 15) is 18.4 Å². The highest BCUT2D eigenvalue weighted by molar-refractivity contribution is 6.04. The summed E-state index contributed by atoms with van der Waals surface area (Å²) < 4.78 is 26.8. The molecule has 3 N–H and O–H groups in total. The number of para-hydroxylation sites is 1. The Bertz CT molecular complexity index is 704. The Hall–Kier alpha value is -2.96. The number of carbonyl (C=O) groups excluding carboxylic acids is 1. The number of carbonyl (C=O) groups is 2. The predicted octanol–water partition coefficient (Wildman–Crippen LogP) is 3.31. The fourth-order valence-corrected chi connectivity index (χ4v) is 1.68. The molecule has 2 rings (SSSR count). The minimum absolute atomic E-state index is 0.0803. The van der Waals surface area contributed by atoms with E-state index in [1.165, 1.54) is 30.3 Å². The number of aromatic carboxylic acids is 1. The van der Waals surface area contributed by atoms with Gasteiger partial charge in [0.2, 0.25) is 0 Å². The zero-order valence-electron chi connectivity index (χ0n) is 10.6. The monoisotopic (exact) mass is 292 g/mol. The smallest absolute Gasteiger partial charge is 0.340 e. The molecule has 0 aliphatic carbocycles. The molecular weight excluding hydrogens is 282 g/mol. The number of anilines is 2. The molecule has 5 nitrogen and oxygen atoms in total. The number of amides is 2. The van der Waals surface area contributed by atoms with Crippen LogP contribution < -0.4 is 10.6 Å². The lowest BCUT2D eigenvalue weighted by atomic mass is 10.1. The quantitative estimate of drug-likeness (QED) is 0.812. The van der Waals surface area contributed by atoms with Crippen LogP contribution in [-0.2, 0) is 0 Å². The van der Waals surface area contributed by atoms with Crippen molar-refractivity contribution in [1.82, 2.24) is 0 Å². The Morgan fingerprint density at radius 3 is 2.10 bits per heavy atom. The number of rotatable bonds is 3. The summed E-state index contributed by atoms with van der Waals surface area (Å²) in [4.78, 5) is 22.7. The van der Waals surface area contributed by atoms with Crippen molar-refractivity contribution in [1.29, 1.82) is 0 Å². The first-order chi connectivity index (χ1) is 9.99. The average Bonchev–Trinajstić information content (AvgIpc) is 2.41. The molecule has 0 aliphatic heterocycles. The molecular formula is C14H10F2N2O3. The number of hydrogen-bond acceptors (Lipinski definition) is 2. The van der Waals surface area contributed by atoms with E-state index in [1.54, 1.807) is 0 Å². The number of urea groups is 1. The first kappa shape index (κ1) is 14.4. The van der Waals surface area contributed by atoms with Gasteiger partial charge in [0.25, 0.3) is 0 Å². The Morgan fingerprint density at radius 2 is 1.43 bits per heavy atom. The van der Waals surface area contributed by atoms with E-state index < -0.39 is 29.2 Å². The summed E-state index contributed by atoms with van der Waals surface area (Å²) in [6.45, 7) is 0. The normalized spacial score (nSPS) is 10.0. The van der Waals surface area contributed by atoms with Crippen molar-refractivity contribution >= 4 is 23.4 Å². The summed E-state index contributed by atoms with van der Waals surface area (Å²) in [6, 6.07) is 8.02. The summed E-state index contributed by atoms with van der Waals surface area (Å²) in [5, 5.41) is 13.3. The Kier molecular flexibility index (Phi) is 4.13. The van der Waals surface area contributed by atoms with Gasteiger partial charge in [-0.2, -0.15) is 0 Å². The maximum atomic E-state index is 13.4. The van der Waals surface area contributed by atoms with Crippen LogP contribution in [0.4, 0.5) is 25.0 Å². The third-order valence-corrected chi connectivity index (χ3v) is 2.60. The molecule has 2 aromatic rings. The predicted molar refractivity (Wildman–Crippen MR) is 72.4 cm³/mol. The van der Waals surface area contributed by atoms with Gasteiger partial charge >= 0.3 is 12.0 Å². The van der Waals surface area contributed by atoms with E-state index in [-0.39, 0.29) is 11.4 Å². The molecule has 0 atom stereocenters. The van der Waals surface area contributed by atoms with Crippen LogP contribution in [0.15, 0.2) is 42.5 Å². The first-order valence-electron chi connectivity index (χ1n) is 5.83. The second-order valence-electron chi connectivity index (χ2n) is 4.03. The fourth-order valence-electron chi connectivity index (χ4n) is 1.68. The van der Waals surface area contributed by atoms with Crippen molar-refractivity contribution in [3.63, 3.8) is 0 Å². The number of halogens is 2. The number of nitrogens with one attached hydrogen (secondary N) is 2. The number of carboxylic acid groups (broad SMARTS) is 1. The molecule has 0 spiro atoms. The van der Waals surface area contributed by atoms with Crippen LogP contribution >= 0.6 is 0 Å². The molecule has 0 aliphatic rings. The fraction of sp³-hybridized carbons (Fsp3) is 0. The second-order valence-corrected chi connectivity index (χ2v) is 4.03. The van der Waals surface area contributed by atoms with Crippen molar-refractivity contribution in [2.24, 2.45) is 0 Å². The molecule has 0 radical (unpaired) electrons. The molecule has 0 bridgehead atoms. The topological polar surface area (TPSA) is 78.4 Å². The molecule has 7 heteroatoms. The van der Waals surface area contributed by atoms with Crippen LogP contribution in [0.2, 0.25) is 0 Å². The molecule has 2 amide bonds. The lowest BCUT2D eigenvalue weighted by molar-refractivity contribution is 0.0693. The van der Waals surface area contributed by atoms with E-state index in [2.05, 4.69) is 10.6 Å². The van der Waals surface area contributed by atoms with E-state index in [1.807, 2.05) is 0 Å². The zero-order valence-corrected chi connectivity index (χ0v) is 10.6. The molecule has 2 aromatic carbocycles. The zero-order chi connectivity index (χ0) is 15.4. The maximum absolute atomic E-state index is 13.4. The van der Waals surface area contributed by atoms with E-state index >= 15 is 0 Å². The summed E-state index contributed by atoms with van der Waals surface area (Å²) in [5.41, 5.74) is -0.971. The highest BCUT2D eigenvalue weighted by Gasteiger charge is 2.17. The average molecular weight is 292 g/mol. The van der Waals surface area contributed by atoms with Gasteiger partial charge in [0, 0.05) is 0 Å². The van der Waals surface area contributed by atoms with Crippen molar-refractivity contribution in [3.05, 3.63) is 59.7 Å². The van der Waals surface area contributed by atoms with Gasteiger partial charge in [0.1, 0.15) is 17.2 Å². The van der Waals surface area contributed by atoms with Crippen molar-refractivity contribution in [2.75, 3.05) is 10.6 Å². The highest BCUT2D eigenvalue weighted by Crippen LogP contribution is 2.20. The van der Waals surface area contributed by atoms with E-state index in [4.69, 9.17) is 5.11 Å². The Labute approximate surface area is 118 Å². The van der Waals surface area contributed by atoms with Gasteiger partial charge in [-0.1, -0.05) is 18.2 Å². The van der Waals surface area contributed by atoms with Gasteiger partial charge in [0.05, 0.1) is 11.4 Å². The Morgan fingerprint density at radius 1 is 0.857 bits per heavy atom. The van der Waals surface area contributed by atoms with E-state index in [0.29, 0.717) is 0 Å². The van der Waals surface area contributed by atoms with Crippen LogP contribution in [0.1, 0.15) is 10.4 Å². The minimum atomic E-state index is -1.52. The van der Waals surface area contributed by atoms with Crippen LogP contribution in [-0.4, -0.2) is 17.1 Å². The number of carboxylic acids is 1. The third kappa shape index (κ3) is 3.33. The van der Waals surface area contributed by atoms with Gasteiger partial charge in [-0.05, 0) is 24.3 Å². The van der Waals surface area contributed by atoms with Gasteiger partial charge in [-0.25, -0.2) is 18.4 Å². The molecule has 0 fully saturated rings. The van der Waals surface area contributed by atoms with Crippen molar-refractivity contribution in [3.8, 4) is 0 Å². The Balaban J connectivity index is 2.19. The van der Waals surface area contributed by atoms with Gasteiger partial charge in [-0.3, -0.25) is 0 Å². The van der Waals surface area contributed by atoms with Crippen LogP contribution in [0.5, 0.6) is 0 Å². The summed E-state index contributed by atoms with van der Waals surface area (Å²) in [5.74, 6) is -3.15. The van der Waals surface area contributed by atoms with Gasteiger partial charge < -0.3 is 15.7 Å². The van der Waals surface area contributed by atoms with Crippen LogP contribution in [0, 0.1) is 11.6 Å². The van der Waals surface area contributed by atoms with E-state index in [0.717, 1.165) is 12.1 Å². The minimum Gasteiger partial charge on any atom is -0.478 e. The highest BCUT2D eigenvalue weighted by atomic mass is 19.1. The molecule has 108 valence electrons.